The average molecular weight is 1610 g/mol. The van der Waals surface area contributed by atoms with Crippen LogP contribution in [-0.4, -0.2) is 101 Å². The zero-order chi connectivity index (χ0) is 82.1. The van der Waals surface area contributed by atoms with Gasteiger partial charge in [-0.25, -0.2) is 33.6 Å². The predicted octanol–water partition coefficient (Wildman–Crippen LogP) is 16.1. The number of H-pyrrole nitrogens is 3. The minimum Gasteiger partial charge on any atom is -0.477 e. The van der Waals surface area contributed by atoms with Gasteiger partial charge < -0.3 is 59.5 Å². The molecule has 0 saturated heterocycles. The van der Waals surface area contributed by atoms with Gasteiger partial charge in [0.25, 0.3) is 0 Å². The molecule has 3 aromatic heterocycles. The van der Waals surface area contributed by atoms with Crippen LogP contribution in [0.2, 0.25) is 15.1 Å². The number of carboxylic acid groups (broad SMARTS) is 1. The molecule has 0 aliphatic carbocycles. The van der Waals surface area contributed by atoms with Crippen LogP contribution in [0, 0.1) is 0 Å². The Labute approximate surface area is 613 Å². The average Bonchev–Trinajstić information content (AvgIpc) is 0.775. The summed E-state index contributed by atoms with van der Waals surface area (Å²) in [6, 6.07) is 13.7. The number of anilines is 2. The Morgan fingerprint density at radius 3 is 1.18 bits per heavy atom. The van der Waals surface area contributed by atoms with Crippen molar-refractivity contribution in [2.75, 3.05) is 50.7 Å². The molecule has 3 heterocycles. The lowest BCUT2D eigenvalue weighted by molar-refractivity contribution is -0.148. The minimum absolute atomic E-state index is 0.00200. The van der Waals surface area contributed by atoms with Gasteiger partial charge in [0, 0.05) is 35.8 Å². The number of benzene rings is 5. The number of aromatic carboxylic acids is 1. The summed E-state index contributed by atoms with van der Waals surface area (Å²) in [5.74, 6) is -6.72. The highest BCUT2D eigenvalue weighted by Gasteiger charge is 2.38. The van der Waals surface area contributed by atoms with Crippen LogP contribution in [0.25, 0.3) is 32.7 Å². The Hall–Kier alpha value is -11.1. The maximum atomic E-state index is 13.0. The molecule has 0 fully saturated rings. The summed E-state index contributed by atoms with van der Waals surface area (Å²) < 4.78 is 218. The molecule has 0 unspecified atom stereocenters. The molecule has 0 spiro atoms. The first-order valence-electron chi connectivity index (χ1n) is 30.5. The molecule has 7 N–H and O–H groups in total. The Bertz CT molecular complexity index is 4800. The summed E-state index contributed by atoms with van der Waals surface area (Å²) in [4.78, 5) is 123. The van der Waals surface area contributed by atoms with Crippen molar-refractivity contribution < 1.29 is 133 Å². The third kappa shape index (κ3) is 25.3. The topological polar surface area (TPSA) is 332 Å². The first-order valence-corrected chi connectivity index (χ1v) is 31.6. The molecule has 0 aliphatic rings. The number of nitrogens with two attached hydrogens (primary N) is 1. The molecular formula is C68H59Cl3F15N5O17. The van der Waals surface area contributed by atoms with Crippen LogP contribution in [0.3, 0.4) is 0 Å². The Balaban J connectivity index is 0.000000341. The predicted molar refractivity (Wildman–Crippen MR) is 362 cm³/mol. The molecule has 8 aromatic rings. The second kappa shape index (κ2) is 40.0. The van der Waals surface area contributed by atoms with Gasteiger partial charge in [-0.15, -0.1) is 0 Å². The number of aromatic nitrogens is 3. The van der Waals surface area contributed by atoms with E-state index in [1.807, 2.05) is 0 Å². The van der Waals surface area contributed by atoms with Crippen LogP contribution >= 0.6 is 34.8 Å². The molecule has 8 rings (SSSR count). The summed E-state index contributed by atoms with van der Waals surface area (Å²) >= 11 is 17.0. The number of ether oxygens (including phenoxy) is 6. The third-order valence-electron chi connectivity index (χ3n) is 13.2. The summed E-state index contributed by atoms with van der Waals surface area (Å²) in [6.07, 6.45) is -17.8. The largest absolute Gasteiger partial charge is 0.477 e. The van der Waals surface area contributed by atoms with Gasteiger partial charge in [0.15, 0.2) is 5.57 Å². The molecule has 5 aromatic carbocycles. The van der Waals surface area contributed by atoms with Crippen molar-refractivity contribution in [1.29, 1.82) is 0 Å². The number of pyridine rings is 3. The van der Waals surface area contributed by atoms with Gasteiger partial charge >= 0.3 is 72.7 Å². The molecule has 0 saturated carbocycles. The molecule has 0 amide bonds. The van der Waals surface area contributed by atoms with Crippen LogP contribution in [0.4, 0.5) is 77.2 Å². The first kappa shape index (κ1) is 91.1. The SMILES string of the molecule is CC=C(C(=O)OCC)C(=O)OCC.CCOC(=O)C(=CNc1cc(C(F)(F)F)ccc1Cl)C(=O)OCC.CCOC(=O)c1c[nH]c2c(Cl)ccc(C(F)(F)F)c2c1=O.CCOC(=O)c1c[nH]c2cccc(C(F)(F)F)c2c1=O.Nc1cc(C(F)(F)F)ccc1Cl.O=C(O)c1c[nH]c2cccc(C(F)(F)F)c2c1=O. The van der Waals surface area contributed by atoms with Crippen molar-refractivity contribution in [3.63, 3.8) is 0 Å². The number of carbonyl (C=O) groups excluding carboxylic acids is 6. The number of alkyl halides is 15. The van der Waals surface area contributed by atoms with E-state index in [4.69, 9.17) is 55.1 Å². The Morgan fingerprint density at radius 1 is 0.444 bits per heavy atom. The van der Waals surface area contributed by atoms with Crippen LogP contribution in [0.5, 0.6) is 0 Å². The molecular weight excluding hydrogens is 1550 g/mol. The van der Waals surface area contributed by atoms with E-state index in [0.29, 0.717) is 6.07 Å². The molecule has 584 valence electrons. The van der Waals surface area contributed by atoms with Gasteiger partial charge in [-0.05, 0) is 121 Å². The van der Waals surface area contributed by atoms with Crippen molar-refractivity contribution in [2.45, 2.75) is 79.3 Å². The van der Waals surface area contributed by atoms with E-state index in [1.165, 1.54) is 52.0 Å². The van der Waals surface area contributed by atoms with Crippen LogP contribution in [0.15, 0.2) is 141 Å². The highest BCUT2D eigenvalue weighted by atomic mass is 35.5. The second-order valence-electron chi connectivity index (χ2n) is 20.3. The van der Waals surface area contributed by atoms with Gasteiger partial charge in [0.2, 0.25) is 16.3 Å². The van der Waals surface area contributed by atoms with E-state index >= 15 is 0 Å². The lowest BCUT2D eigenvalue weighted by atomic mass is 10.1. The first-order chi connectivity index (χ1) is 50.2. The molecule has 0 aliphatic heterocycles. The normalized spacial score (nSPS) is 11.1. The van der Waals surface area contributed by atoms with Gasteiger partial charge in [0.1, 0.15) is 22.3 Å². The number of nitrogen functional groups attached to an aromatic ring is 1. The number of hydrogen-bond donors (Lipinski definition) is 6. The van der Waals surface area contributed by atoms with Crippen molar-refractivity contribution in [3.8, 4) is 0 Å². The van der Waals surface area contributed by atoms with Crippen LogP contribution < -0.4 is 27.3 Å². The Kier molecular flexibility index (Phi) is 33.8. The number of esters is 6. The second-order valence-corrected chi connectivity index (χ2v) is 21.6. The van der Waals surface area contributed by atoms with Crippen molar-refractivity contribution in [2.24, 2.45) is 0 Å². The fraction of sp³-hybridized carbons (Fsp3) is 0.265. The fourth-order valence-electron chi connectivity index (χ4n) is 8.46. The maximum Gasteiger partial charge on any atom is 0.417 e. The zero-order valence-electron chi connectivity index (χ0n) is 56.6. The lowest BCUT2D eigenvalue weighted by Gasteiger charge is -2.11. The van der Waals surface area contributed by atoms with Gasteiger partial charge in [-0.2, -0.15) is 65.9 Å². The van der Waals surface area contributed by atoms with Gasteiger partial charge in [0.05, 0.1) is 116 Å². The number of nitrogens with one attached hydrogen (secondary N) is 4. The number of allylic oxidation sites excluding steroid dienone is 1. The van der Waals surface area contributed by atoms with E-state index < -0.39 is 155 Å². The van der Waals surface area contributed by atoms with E-state index in [1.54, 1.807) is 20.8 Å². The van der Waals surface area contributed by atoms with E-state index in [-0.39, 0.29) is 88.2 Å². The minimum atomic E-state index is -4.75. The molecule has 108 heavy (non-hydrogen) atoms. The number of fused-ring (bicyclic) bond motifs is 3. The fourth-order valence-corrected chi connectivity index (χ4v) is 8.96. The molecule has 40 heteroatoms. The summed E-state index contributed by atoms with van der Waals surface area (Å²) in [5.41, 5.74) is -5.77. The van der Waals surface area contributed by atoms with Crippen molar-refractivity contribution in [3.05, 3.63) is 217 Å². The van der Waals surface area contributed by atoms with E-state index in [0.717, 1.165) is 85.5 Å². The quantitative estimate of drug-likeness (QED) is 0.0106. The molecule has 0 radical (unpaired) electrons. The van der Waals surface area contributed by atoms with E-state index in [9.17, 15) is 114 Å². The van der Waals surface area contributed by atoms with Crippen LogP contribution in [-0.2, 0) is 78.5 Å². The monoisotopic (exact) mass is 1610 g/mol. The highest BCUT2D eigenvalue weighted by Crippen LogP contribution is 2.38. The van der Waals surface area contributed by atoms with E-state index in [2.05, 4.69) is 39.2 Å². The maximum absolute atomic E-state index is 13.0. The lowest BCUT2D eigenvalue weighted by Crippen LogP contribution is -2.21. The highest BCUT2D eigenvalue weighted by molar-refractivity contribution is 6.35. The van der Waals surface area contributed by atoms with Gasteiger partial charge in [-0.3, -0.25) is 14.4 Å². The number of carboxylic acids is 1. The smallest absolute Gasteiger partial charge is 0.417 e. The Morgan fingerprint density at radius 2 is 0.796 bits per heavy atom. The summed E-state index contributed by atoms with van der Waals surface area (Å²) in [5, 5.41) is 9.27. The van der Waals surface area contributed by atoms with Crippen molar-refractivity contribution >= 4 is 121 Å². The number of halogens is 18. The number of rotatable bonds is 15. The van der Waals surface area contributed by atoms with Gasteiger partial charge in [-0.1, -0.05) is 53.0 Å². The summed E-state index contributed by atoms with van der Waals surface area (Å²) in [6.45, 7) is 11.6. The molecule has 0 atom stereocenters. The molecule has 0 bridgehead atoms. The number of aromatic amines is 3. The van der Waals surface area contributed by atoms with Crippen molar-refractivity contribution in [1.82, 2.24) is 15.0 Å². The zero-order valence-corrected chi connectivity index (χ0v) is 58.8. The number of hydrogen-bond acceptors (Lipinski definition) is 18. The standard InChI is InChI=1S/C15H15ClF3NO4.C13H9ClF3NO3.C13H10F3NO3.C11H6F3NO3.C9H14O4.C7H5ClF3N/c1-3-23-13(21)10(14(22)24-4-2)8-20-12-7-9(15(17,18)19)5-6-11(12)16;1-2-21-12(20)6-5-18-10-8(14)4-3-7(13(15,16)17)9(10)11(6)19;1-2-20-12(19)7-6-17-9-5-3-4-8(13(14,15)16)10(9)11(7)18;12-11(13,14)6-2-1-3-7-8(6)9(16)5(4-15-7)10(17)18;1-4-7(8(10)12-5-2)9(11)13-6-3;8-5-2-1-4(3-6(5)12)7(9,10)11/h5-8,20H,3-4H2,1-2H3;3-5H,2H2,1H3,(H,18,19);3-6H,2H2,1H3,(H,17,18);1-4H,(H,15,16)(H,17,18);4H,5-6H2,1-3H3;1-3H,12H2. The third-order valence-corrected chi connectivity index (χ3v) is 14.2. The molecule has 22 nitrogen and oxygen atoms in total. The van der Waals surface area contributed by atoms with Crippen LogP contribution in [0.1, 0.15) is 107 Å². The summed E-state index contributed by atoms with van der Waals surface area (Å²) in [7, 11) is 0. The number of carbonyl (C=O) groups is 7.